The SMILES string of the molecule is CC(C)C(NC(=S)Nc1cccc(F)c1)C(C)C. The maximum Gasteiger partial charge on any atom is 0.171 e. The fourth-order valence-electron chi connectivity index (χ4n) is 1.99. The fraction of sp³-hybridized carbons (Fsp3) is 0.500. The third-order valence-corrected chi connectivity index (χ3v) is 3.04. The summed E-state index contributed by atoms with van der Waals surface area (Å²) in [6.07, 6.45) is 0. The first-order valence-electron chi connectivity index (χ1n) is 6.23. The van der Waals surface area contributed by atoms with E-state index in [9.17, 15) is 4.39 Å². The van der Waals surface area contributed by atoms with Crippen LogP contribution in [0.15, 0.2) is 24.3 Å². The van der Waals surface area contributed by atoms with E-state index in [2.05, 4.69) is 38.3 Å². The summed E-state index contributed by atoms with van der Waals surface area (Å²) in [5, 5.41) is 6.82. The summed E-state index contributed by atoms with van der Waals surface area (Å²) >= 11 is 5.25. The van der Waals surface area contributed by atoms with Gasteiger partial charge in [0, 0.05) is 11.7 Å². The highest BCUT2D eigenvalue weighted by Crippen LogP contribution is 2.13. The van der Waals surface area contributed by atoms with Gasteiger partial charge in [-0.3, -0.25) is 0 Å². The van der Waals surface area contributed by atoms with Gasteiger partial charge in [0.2, 0.25) is 0 Å². The topological polar surface area (TPSA) is 24.1 Å². The largest absolute Gasteiger partial charge is 0.359 e. The van der Waals surface area contributed by atoms with Gasteiger partial charge in [-0.15, -0.1) is 0 Å². The van der Waals surface area contributed by atoms with Gasteiger partial charge in [-0.1, -0.05) is 33.8 Å². The number of nitrogens with one attached hydrogen (secondary N) is 2. The molecule has 2 nitrogen and oxygen atoms in total. The summed E-state index contributed by atoms with van der Waals surface area (Å²) in [5.74, 6) is 0.696. The number of thiocarbonyl (C=S) groups is 1. The van der Waals surface area contributed by atoms with Gasteiger partial charge in [0.05, 0.1) is 0 Å². The highest BCUT2D eigenvalue weighted by atomic mass is 32.1. The standard InChI is InChI=1S/C14H21FN2S/c1-9(2)13(10(3)4)17-14(18)16-12-7-5-6-11(15)8-12/h5-10,13H,1-4H3,(H2,16,17,18). The number of anilines is 1. The molecule has 0 saturated heterocycles. The van der Waals surface area contributed by atoms with Gasteiger partial charge >= 0.3 is 0 Å². The highest BCUT2D eigenvalue weighted by molar-refractivity contribution is 7.80. The van der Waals surface area contributed by atoms with Crippen molar-refractivity contribution in [3.05, 3.63) is 30.1 Å². The van der Waals surface area contributed by atoms with Crippen LogP contribution in [0, 0.1) is 17.7 Å². The average Bonchev–Trinajstić information content (AvgIpc) is 2.25. The molecule has 0 heterocycles. The molecule has 1 rings (SSSR count). The second-order valence-electron chi connectivity index (χ2n) is 5.12. The second-order valence-corrected chi connectivity index (χ2v) is 5.53. The van der Waals surface area contributed by atoms with Crippen molar-refractivity contribution >= 4 is 23.0 Å². The summed E-state index contributed by atoms with van der Waals surface area (Å²) < 4.78 is 13.0. The van der Waals surface area contributed by atoms with Crippen molar-refractivity contribution in [3.63, 3.8) is 0 Å². The lowest BCUT2D eigenvalue weighted by molar-refractivity contribution is 0.356. The van der Waals surface area contributed by atoms with Crippen LogP contribution in [0.4, 0.5) is 10.1 Å². The normalized spacial score (nSPS) is 11.1. The van der Waals surface area contributed by atoms with Crippen molar-refractivity contribution in [2.24, 2.45) is 11.8 Å². The first kappa shape index (κ1) is 14.9. The van der Waals surface area contributed by atoms with Crippen LogP contribution in [0.3, 0.4) is 0 Å². The molecule has 18 heavy (non-hydrogen) atoms. The van der Waals surface area contributed by atoms with Gasteiger partial charge in [-0.05, 0) is 42.3 Å². The van der Waals surface area contributed by atoms with Gasteiger partial charge in [0.25, 0.3) is 0 Å². The van der Waals surface area contributed by atoms with E-state index in [0.717, 1.165) is 0 Å². The van der Waals surface area contributed by atoms with Crippen molar-refractivity contribution < 1.29 is 4.39 Å². The van der Waals surface area contributed by atoms with Crippen LogP contribution in [0.25, 0.3) is 0 Å². The Bertz CT molecular complexity index is 397. The Morgan fingerprint density at radius 3 is 2.28 bits per heavy atom. The van der Waals surface area contributed by atoms with E-state index in [0.29, 0.717) is 28.7 Å². The molecule has 0 spiro atoms. The predicted molar refractivity (Wildman–Crippen MR) is 79.2 cm³/mol. The zero-order chi connectivity index (χ0) is 13.7. The van der Waals surface area contributed by atoms with Crippen molar-refractivity contribution in [1.82, 2.24) is 5.32 Å². The van der Waals surface area contributed by atoms with Crippen molar-refractivity contribution in [2.75, 3.05) is 5.32 Å². The summed E-state index contributed by atoms with van der Waals surface area (Å²) in [6.45, 7) is 8.62. The number of halogens is 1. The third kappa shape index (κ3) is 4.61. The molecule has 1 aromatic carbocycles. The molecule has 1 aromatic rings. The Balaban J connectivity index is 2.61. The van der Waals surface area contributed by atoms with E-state index in [1.807, 2.05) is 0 Å². The lowest BCUT2D eigenvalue weighted by atomic mass is 9.93. The summed E-state index contributed by atoms with van der Waals surface area (Å²) in [4.78, 5) is 0. The summed E-state index contributed by atoms with van der Waals surface area (Å²) in [7, 11) is 0. The Hall–Kier alpha value is -1.16. The zero-order valence-corrected chi connectivity index (χ0v) is 12.1. The van der Waals surface area contributed by atoms with Gasteiger partial charge in [0.15, 0.2) is 5.11 Å². The van der Waals surface area contributed by atoms with Gasteiger partial charge < -0.3 is 10.6 Å². The van der Waals surface area contributed by atoms with E-state index >= 15 is 0 Å². The fourth-order valence-corrected chi connectivity index (χ4v) is 2.24. The van der Waals surface area contributed by atoms with Gasteiger partial charge in [-0.25, -0.2) is 4.39 Å². The molecular formula is C14H21FN2S. The van der Waals surface area contributed by atoms with Crippen LogP contribution >= 0.6 is 12.2 Å². The van der Waals surface area contributed by atoms with Crippen LogP contribution in [0.5, 0.6) is 0 Å². The lowest BCUT2D eigenvalue weighted by Gasteiger charge is -2.27. The third-order valence-electron chi connectivity index (χ3n) is 2.82. The Labute approximate surface area is 114 Å². The minimum atomic E-state index is -0.271. The Kier molecular flexibility index (Phi) is 5.54. The molecule has 0 amide bonds. The number of rotatable bonds is 4. The number of hydrogen-bond donors (Lipinski definition) is 2. The predicted octanol–water partition coefficient (Wildman–Crippen LogP) is 3.79. The molecular weight excluding hydrogens is 247 g/mol. The van der Waals surface area contributed by atoms with Crippen LogP contribution in [-0.4, -0.2) is 11.2 Å². The molecule has 0 radical (unpaired) electrons. The summed E-state index contributed by atoms with van der Waals surface area (Å²) in [5.41, 5.74) is 0.666. The van der Waals surface area contributed by atoms with E-state index < -0.39 is 0 Å². The maximum absolute atomic E-state index is 13.0. The van der Waals surface area contributed by atoms with E-state index in [1.165, 1.54) is 12.1 Å². The average molecular weight is 268 g/mol. The molecule has 0 atom stereocenters. The highest BCUT2D eigenvalue weighted by Gasteiger charge is 2.18. The van der Waals surface area contributed by atoms with Crippen molar-refractivity contribution in [2.45, 2.75) is 33.7 Å². The first-order chi connectivity index (χ1) is 8.40. The van der Waals surface area contributed by atoms with Crippen molar-refractivity contribution in [1.29, 1.82) is 0 Å². The lowest BCUT2D eigenvalue weighted by Crippen LogP contribution is -2.44. The van der Waals surface area contributed by atoms with Gasteiger partial charge in [0.1, 0.15) is 5.82 Å². The van der Waals surface area contributed by atoms with Crippen LogP contribution < -0.4 is 10.6 Å². The minimum absolute atomic E-state index is 0.271. The monoisotopic (exact) mass is 268 g/mol. The maximum atomic E-state index is 13.0. The quantitative estimate of drug-likeness (QED) is 0.812. The minimum Gasteiger partial charge on any atom is -0.359 e. The van der Waals surface area contributed by atoms with Crippen LogP contribution in [0.2, 0.25) is 0 Å². The van der Waals surface area contributed by atoms with Crippen LogP contribution in [0.1, 0.15) is 27.7 Å². The summed E-state index contributed by atoms with van der Waals surface area (Å²) in [6, 6.07) is 6.58. The molecule has 4 heteroatoms. The zero-order valence-electron chi connectivity index (χ0n) is 11.3. The van der Waals surface area contributed by atoms with Crippen LogP contribution in [-0.2, 0) is 0 Å². The molecule has 0 bridgehead atoms. The molecule has 0 aromatic heterocycles. The van der Waals surface area contributed by atoms with E-state index in [1.54, 1.807) is 12.1 Å². The Morgan fingerprint density at radius 2 is 1.78 bits per heavy atom. The van der Waals surface area contributed by atoms with E-state index in [4.69, 9.17) is 12.2 Å². The molecule has 0 aliphatic rings. The number of benzene rings is 1. The second kappa shape index (κ2) is 6.69. The van der Waals surface area contributed by atoms with E-state index in [-0.39, 0.29) is 5.82 Å². The molecule has 0 aliphatic heterocycles. The van der Waals surface area contributed by atoms with Gasteiger partial charge in [-0.2, -0.15) is 0 Å². The molecule has 100 valence electrons. The molecule has 0 aliphatic carbocycles. The molecule has 2 N–H and O–H groups in total. The first-order valence-corrected chi connectivity index (χ1v) is 6.64. The smallest absolute Gasteiger partial charge is 0.171 e. The molecule has 0 saturated carbocycles. The Morgan fingerprint density at radius 1 is 1.17 bits per heavy atom. The van der Waals surface area contributed by atoms with Crippen molar-refractivity contribution in [3.8, 4) is 0 Å². The number of hydrogen-bond acceptors (Lipinski definition) is 1. The molecule has 0 unspecified atom stereocenters. The molecule has 0 fully saturated rings.